The summed E-state index contributed by atoms with van der Waals surface area (Å²) in [6.07, 6.45) is -0.534. The minimum absolute atomic E-state index is 0.485. The van der Waals surface area contributed by atoms with Crippen LogP contribution in [0.1, 0.15) is 48.0 Å². The zero-order valence-corrected chi connectivity index (χ0v) is 12.9. The fourth-order valence-electron chi connectivity index (χ4n) is 1.27. The second kappa shape index (κ2) is 6.15. The Kier molecular flexibility index (Phi) is 5.62. The number of Topliss-reactive ketones (excluding diaryl/α,β-unsaturated/α-hetero) is 2. The number of carboxylic acids is 1. The lowest BCUT2D eigenvalue weighted by Gasteiger charge is -2.22. The van der Waals surface area contributed by atoms with Gasteiger partial charge in [0.05, 0.1) is 0 Å². The average Bonchev–Trinajstić information content (AvgIpc) is 2.23. The summed E-state index contributed by atoms with van der Waals surface area (Å²) < 4.78 is 0. The molecule has 0 radical (unpaired) electrons. The van der Waals surface area contributed by atoms with E-state index in [4.69, 9.17) is 5.11 Å². The predicted molar refractivity (Wildman–Crippen MR) is 73.1 cm³/mol. The van der Waals surface area contributed by atoms with Crippen molar-refractivity contribution >= 4 is 23.4 Å². The van der Waals surface area contributed by atoms with Gasteiger partial charge in [-0.3, -0.25) is 14.4 Å². The summed E-state index contributed by atoms with van der Waals surface area (Å²) in [6.45, 7) is 9.63. The highest BCUT2D eigenvalue weighted by Crippen LogP contribution is 2.17. The number of carbonyl (C=O) groups is 4. The van der Waals surface area contributed by atoms with E-state index in [1.165, 1.54) is 0 Å². The van der Waals surface area contributed by atoms with Crippen LogP contribution in [0, 0.1) is 10.8 Å². The predicted octanol–water partition coefficient (Wildman–Crippen LogP) is 1.18. The number of hydrogen-bond acceptors (Lipinski definition) is 4. The Labute approximate surface area is 118 Å². The first kappa shape index (κ1) is 18.3. The first-order valence-electron chi connectivity index (χ1n) is 6.38. The first-order valence-corrected chi connectivity index (χ1v) is 6.38. The van der Waals surface area contributed by atoms with Gasteiger partial charge in [0.1, 0.15) is 6.04 Å². The molecule has 20 heavy (non-hydrogen) atoms. The minimum Gasteiger partial charge on any atom is -0.480 e. The van der Waals surface area contributed by atoms with Gasteiger partial charge < -0.3 is 10.4 Å². The molecule has 114 valence electrons. The van der Waals surface area contributed by atoms with Crippen LogP contribution in [-0.2, 0) is 19.2 Å². The molecule has 0 unspecified atom stereocenters. The van der Waals surface area contributed by atoms with Gasteiger partial charge in [0, 0.05) is 17.3 Å². The maximum absolute atomic E-state index is 11.8. The van der Waals surface area contributed by atoms with Crippen molar-refractivity contribution in [3.63, 3.8) is 0 Å². The molecule has 1 atom stereocenters. The Morgan fingerprint density at radius 2 is 1.40 bits per heavy atom. The summed E-state index contributed by atoms with van der Waals surface area (Å²) in [5.41, 5.74) is -1.64. The van der Waals surface area contributed by atoms with Crippen molar-refractivity contribution in [3.05, 3.63) is 0 Å². The summed E-state index contributed by atoms with van der Waals surface area (Å²) in [7, 11) is 0. The molecule has 2 N–H and O–H groups in total. The van der Waals surface area contributed by atoms with Crippen LogP contribution < -0.4 is 5.32 Å². The zero-order valence-electron chi connectivity index (χ0n) is 12.9. The van der Waals surface area contributed by atoms with Crippen LogP contribution >= 0.6 is 0 Å². The maximum Gasteiger partial charge on any atom is 0.326 e. The quantitative estimate of drug-likeness (QED) is 0.739. The summed E-state index contributed by atoms with van der Waals surface area (Å²) in [5.74, 6) is -3.26. The molecule has 0 fully saturated rings. The highest BCUT2D eigenvalue weighted by molar-refractivity contribution is 6.39. The minimum atomic E-state index is -1.39. The largest absolute Gasteiger partial charge is 0.480 e. The fraction of sp³-hybridized carbons (Fsp3) is 0.714. The van der Waals surface area contributed by atoms with E-state index in [1.807, 2.05) is 0 Å². The Bertz CT molecular complexity index is 426. The van der Waals surface area contributed by atoms with Gasteiger partial charge in [0.15, 0.2) is 0 Å². The molecule has 1 amide bonds. The van der Waals surface area contributed by atoms with Gasteiger partial charge in [-0.15, -0.1) is 0 Å². The van der Waals surface area contributed by atoms with Gasteiger partial charge in [-0.2, -0.15) is 0 Å². The molecule has 6 heteroatoms. The Balaban J connectivity index is 4.91. The third-order valence-electron chi connectivity index (χ3n) is 2.61. The van der Waals surface area contributed by atoms with Crippen molar-refractivity contribution in [2.45, 2.75) is 54.0 Å². The van der Waals surface area contributed by atoms with Crippen molar-refractivity contribution in [2.24, 2.45) is 10.8 Å². The van der Waals surface area contributed by atoms with E-state index in [1.54, 1.807) is 41.5 Å². The molecule has 0 bridgehead atoms. The topological polar surface area (TPSA) is 101 Å². The number of carbonyl (C=O) groups excluding carboxylic acids is 3. The van der Waals surface area contributed by atoms with E-state index >= 15 is 0 Å². The Hall–Kier alpha value is -1.72. The van der Waals surface area contributed by atoms with Crippen LogP contribution in [0.15, 0.2) is 0 Å². The molecule has 0 spiro atoms. The van der Waals surface area contributed by atoms with Crippen LogP contribution in [0.3, 0.4) is 0 Å². The van der Waals surface area contributed by atoms with Gasteiger partial charge >= 0.3 is 5.97 Å². The molecular formula is C14H23NO5. The summed E-state index contributed by atoms with van der Waals surface area (Å²) in [5, 5.41) is 11.3. The highest BCUT2D eigenvalue weighted by atomic mass is 16.4. The first-order chi connectivity index (χ1) is 8.76. The molecule has 0 aromatic rings. The Morgan fingerprint density at radius 1 is 0.950 bits per heavy atom. The van der Waals surface area contributed by atoms with Crippen LogP contribution in [0.5, 0.6) is 0 Å². The number of amides is 1. The average molecular weight is 285 g/mol. The van der Waals surface area contributed by atoms with E-state index in [2.05, 4.69) is 5.32 Å². The molecule has 0 aromatic heterocycles. The number of rotatable bonds is 5. The van der Waals surface area contributed by atoms with Gasteiger partial charge in [-0.1, -0.05) is 41.5 Å². The van der Waals surface area contributed by atoms with Crippen molar-refractivity contribution in [2.75, 3.05) is 0 Å². The van der Waals surface area contributed by atoms with Gasteiger partial charge in [-0.05, 0) is 0 Å². The Morgan fingerprint density at radius 3 is 1.70 bits per heavy atom. The van der Waals surface area contributed by atoms with Crippen LogP contribution in [0.25, 0.3) is 0 Å². The van der Waals surface area contributed by atoms with Crippen molar-refractivity contribution in [1.82, 2.24) is 5.32 Å². The molecule has 0 rings (SSSR count). The third kappa shape index (κ3) is 5.50. The second-order valence-electron chi connectivity index (χ2n) is 6.82. The normalized spacial score (nSPS) is 13.5. The summed E-state index contributed by atoms with van der Waals surface area (Å²) in [4.78, 5) is 46.4. The molecule has 0 saturated carbocycles. The summed E-state index contributed by atoms with van der Waals surface area (Å²) >= 11 is 0. The number of aliphatic carboxylic acids is 1. The smallest absolute Gasteiger partial charge is 0.326 e. The van der Waals surface area contributed by atoms with Gasteiger partial charge in [0.2, 0.25) is 17.5 Å². The van der Waals surface area contributed by atoms with E-state index in [0.717, 1.165) is 0 Å². The number of nitrogens with one attached hydrogen (secondary N) is 1. The molecule has 0 aliphatic carbocycles. The van der Waals surface area contributed by atoms with Crippen molar-refractivity contribution < 1.29 is 24.3 Å². The number of carboxylic acid groups (broad SMARTS) is 1. The van der Waals surface area contributed by atoms with Crippen LogP contribution in [0.4, 0.5) is 0 Å². The van der Waals surface area contributed by atoms with Crippen LogP contribution in [0.2, 0.25) is 0 Å². The number of ketones is 2. The van der Waals surface area contributed by atoms with E-state index < -0.39 is 46.7 Å². The highest BCUT2D eigenvalue weighted by Gasteiger charge is 2.34. The number of hydrogen-bond donors (Lipinski definition) is 2. The molecule has 0 heterocycles. The molecule has 0 aliphatic heterocycles. The molecular weight excluding hydrogens is 262 g/mol. The van der Waals surface area contributed by atoms with Gasteiger partial charge in [0.25, 0.3) is 0 Å². The molecule has 6 nitrogen and oxygen atoms in total. The monoisotopic (exact) mass is 285 g/mol. The van der Waals surface area contributed by atoms with Crippen LogP contribution in [-0.4, -0.2) is 34.6 Å². The maximum atomic E-state index is 11.8. The lowest BCUT2D eigenvalue weighted by Crippen LogP contribution is -2.47. The van der Waals surface area contributed by atoms with E-state index in [0.29, 0.717) is 0 Å². The lowest BCUT2D eigenvalue weighted by molar-refractivity contribution is -0.147. The molecule has 0 saturated heterocycles. The second-order valence-corrected chi connectivity index (χ2v) is 6.82. The lowest BCUT2D eigenvalue weighted by atomic mass is 9.86. The van der Waals surface area contributed by atoms with Crippen molar-refractivity contribution in [1.29, 1.82) is 0 Å². The van der Waals surface area contributed by atoms with E-state index in [-0.39, 0.29) is 0 Å². The standard InChI is InChI=1S/C14H23NO5/c1-13(2,3)10(17)9(16)7-8(11(18)19)15-12(20)14(4,5)6/h8H,7H2,1-6H3,(H,15,20)(H,18,19)/t8-/m1/s1. The SMILES string of the molecule is CC(C)(C)C(=O)N[C@H](CC(=O)C(=O)C(C)(C)C)C(=O)O. The molecule has 0 aromatic carbocycles. The fourth-order valence-corrected chi connectivity index (χ4v) is 1.27. The third-order valence-corrected chi connectivity index (χ3v) is 2.61. The van der Waals surface area contributed by atoms with Crippen molar-refractivity contribution in [3.8, 4) is 0 Å². The zero-order chi connectivity index (χ0) is 16.3. The van der Waals surface area contributed by atoms with Gasteiger partial charge in [-0.25, -0.2) is 4.79 Å². The summed E-state index contributed by atoms with van der Waals surface area (Å²) in [6, 6.07) is -1.39. The molecule has 0 aliphatic rings. The van der Waals surface area contributed by atoms with E-state index in [9.17, 15) is 19.2 Å².